The molecule has 4 N–H and O–H groups in total. The minimum absolute atomic E-state index is 0. The first-order valence-electron chi connectivity index (χ1n) is 8.68. The number of halogens is 2. The molecule has 2 amide bonds. The predicted molar refractivity (Wildman–Crippen MR) is 112 cm³/mol. The molecule has 1 saturated heterocycles. The maximum atomic E-state index is 11.8. The molecule has 0 spiro atoms. The van der Waals surface area contributed by atoms with Crippen molar-refractivity contribution < 1.29 is 14.3 Å². The molecule has 0 aromatic heterocycles. The molecule has 0 bridgehead atoms. The van der Waals surface area contributed by atoms with Crippen LogP contribution in [-0.2, 0) is 20.9 Å². The van der Waals surface area contributed by atoms with Crippen LogP contribution < -0.4 is 16.4 Å². The van der Waals surface area contributed by atoms with Gasteiger partial charge in [-0.2, -0.15) is 0 Å². The second kappa shape index (κ2) is 13.7. The lowest BCUT2D eigenvalue weighted by molar-refractivity contribution is -0.123. The number of methoxy groups -OCH3 is 1. The summed E-state index contributed by atoms with van der Waals surface area (Å²) < 4.78 is 4.91. The summed E-state index contributed by atoms with van der Waals surface area (Å²) >= 11 is 0. The number of hydrogen-bond acceptors (Lipinski definition) is 5. The first-order chi connectivity index (χ1) is 12.1. The SMILES string of the molecule is COCCNCC(=O)Nc1ccc(CN2CCCC(C(N)=O)C2)cc1.Cl.Cl. The van der Waals surface area contributed by atoms with Gasteiger partial charge in [0, 0.05) is 32.4 Å². The molecule has 1 heterocycles. The Hall–Kier alpha value is -1.38. The third kappa shape index (κ3) is 9.39. The highest BCUT2D eigenvalue weighted by Crippen LogP contribution is 2.19. The smallest absolute Gasteiger partial charge is 0.238 e. The first-order valence-corrected chi connectivity index (χ1v) is 8.68. The normalized spacial score (nSPS) is 16.7. The third-order valence-corrected chi connectivity index (χ3v) is 4.32. The number of nitrogens with zero attached hydrogens (tertiary/aromatic N) is 1. The van der Waals surface area contributed by atoms with Gasteiger partial charge in [-0.1, -0.05) is 12.1 Å². The van der Waals surface area contributed by atoms with E-state index < -0.39 is 0 Å². The highest BCUT2D eigenvalue weighted by Gasteiger charge is 2.23. The molecule has 0 radical (unpaired) electrons. The van der Waals surface area contributed by atoms with Crippen LogP contribution in [0.15, 0.2) is 24.3 Å². The van der Waals surface area contributed by atoms with E-state index in [2.05, 4.69) is 15.5 Å². The van der Waals surface area contributed by atoms with E-state index in [0.29, 0.717) is 13.2 Å². The number of likely N-dealkylation sites (tertiary alicyclic amines) is 1. The van der Waals surface area contributed by atoms with Crippen molar-refractivity contribution in [2.45, 2.75) is 19.4 Å². The number of nitrogens with one attached hydrogen (secondary N) is 2. The average molecular weight is 421 g/mol. The van der Waals surface area contributed by atoms with Crippen molar-refractivity contribution in [3.63, 3.8) is 0 Å². The summed E-state index contributed by atoms with van der Waals surface area (Å²) in [5.41, 5.74) is 7.35. The van der Waals surface area contributed by atoms with E-state index in [0.717, 1.165) is 43.7 Å². The fraction of sp³-hybridized carbons (Fsp3) is 0.556. The Balaban J connectivity index is 0.00000338. The van der Waals surface area contributed by atoms with Gasteiger partial charge in [-0.3, -0.25) is 14.5 Å². The standard InChI is InChI=1S/C18H28N4O3.2ClH/c1-25-10-8-20-11-17(23)21-16-6-4-14(5-7-16)12-22-9-2-3-15(13-22)18(19)24;;/h4-7,15,20H,2-3,8-13H2,1H3,(H2,19,24)(H,21,23);2*1H. The van der Waals surface area contributed by atoms with Crippen molar-refractivity contribution in [1.82, 2.24) is 10.2 Å². The zero-order chi connectivity index (χ0) is 18.1. The summed E-state index contributed by atoms with van der Waals surface area (Å²) in [5, 5.41) is 5.86. The predicted octanol–water partition coefficient (Wildman–Crippen LogP) is 1.40. The Labute approximate surface area is 173 Å². The molecule has 1 unspecified atom stereocenters. The minimum Gasteiger partial charge on any atom is -0.383 e. The van der Waals surface area contributed by atoms with Crippen LogP contribution in [0.1, 0.15) is 18.4 Å². The highest BCUT2D eigenvalue weighted by molar-refractivity contribution is 5.92. The Morgan fingerprint density at radius 1 is 1.26 bits per heavy atom. The van der Waals surface area contributed by atoms with Gasteiger partial charge in [0.25, 0.3) is 0 Å². The fourth-order valence-electron chi connectivity index (χ4n) is 2.96. The molecular weight excluding hydrogens is 391 g/mol. The molecule has 1 aliphatic heterocycles. The Morgan fingerprint density at radius 3 is 2.59 bits per heavy atom. The number of amides is 2. The number of ether oxygens (including phenoxy) is 1. The van der Waals surface area contributed by atoms with Crippen molar-refractivity contribution in [2.24, 2.45) is 11.7 Å². The summed E-state index contributed by atoms with van der Waals surface area (Å²) in [5.74, 6) is -0.330. The molecule has 2 rings (SSSR count). The highest BCUT2D eigenvalue weighted by atomic mass is 35.5. The summed E-state index contributed by atoms with van der Waals surface area (Å²) in [6.07, 6.45) is 1.88. The summed E-state index contributed by atoms with van der Waals surface area (Å²) in [6.45, 7) is 3.97. The van der Waals surface area contributed by atoms with Crippen LogP contribution in [-0.4, -0.2) is 56.6 Å². The molecule has 7 nitrogen and oxygen atoms in total. The van der Waals surface area contributed by atoms with E-state index in [1.54, 1.807) is 7.11 Å². The van der Waals surface area contributed by atoms with Gasteiger partial charge in [-0.05, 0) is 37.1 Å². The van der Waals surface area contributed by atoms with Crippen LogP contribution in [0.25, 0.3) is 0 Å². The lowest BCUT2D eigenvalue weighted by Crippen LogP contribution is -2.40. The maximum Gasteiger partial charge on any atom is 0.238 e. The number of primary amides is 1. The van der Waals surface area contributed by atoms with Gasteiger partial charge in [0.15, 0.2) is 0 Å². The Morgan fingerprint density at radius 2 is 1.96 bits per heavy atom. The number of carbonyl (C=O) groups is 2. The molecule has 1 aromatic carbocycles. The lowest BCUT2D eigenvalue weighted by Gasteiger charge is -2.31. The molecule has 27 heavy (non-hydrogen) atoms. The van der Waals surface area contributed by atoms with Gasteiger partial charge in [-0.25, -0.2) is 0 Å². The number of rotatable bonds is 9. The first kappa shape index (κ1) is 25.6. The summed E-state index contributed by atoms with van der Waals surface area (Å²) in [4.78, 5) is 25.4. The van der Waals surface area contributed by atoms with Crippen LogP contribution in [0.5, 0.6) is 0 Å². The molecule has 0 aliphatic carbocycles. The zero-order valence-corrected chi connectivity index (χ0v) is 17.2. The van der Waals surface area contributed by atoms with Crippen molar-refractivity contribution in [2.75, 3.05) is 45.2 Å². The largest absolute Gasteiger partial charge is 0.383 e. The number of carbonyl (C=O) groups excluding carboxylic acids is 2. The monoisotopic (exact) mass is 420 g/mol. The topological polar surface area (TPSA) is 96.7 Å². The van der Waals surface area contributed by atoms with Crippen molar-refractivity contribution >= 4 is 42.3 Å². The van der Waals surface area contributed by atoms with Crippen LogP contribution in [0.4, 0.5) is 5.69 Å². The molecule has 1 aliphatic rings. The van der Waals surface area contributed by atoms with Crippen LogP contribution in [0.3, 0.4) is 0 Å². The summed E-state index contributed by atoms with van der Waals surface area (Å²) in [6, 6.07) is 7.81. The number of anilines is 1. The van der Waals surface area contributed by atoms with Crippen molar-refractivity contribution in [3.8, 4) is 0 Å². The quantitative estimate of drug-likeness (QED) is 0.524. The van der Waals surface area contributed by atoms with Gasteiger partial charge in [0.1, 0.15) is 0 Å². The van der Waals surface area contributed by atoms with Gasteiger partial charge < -0.3 is 21.1 Å². The molecule has 9 heteroatoms. The second-order valence-electron chi connectivity index (χ2n) is 6.39. The molecule has 1 fully saturated rings. The Bertz CT molecular complexity index is 572. The van der Waals surface area contributed by atoms with Crippen LogP contribution in [0, 0.1) is 5.92 Å². The van der Waals surface area contributed by atoms with E-state index in [1.807, 2.05) is 24.3 Å². The van der Waals surface area contributed by atoms with Crippen molar-refractivity contribution in [1.29, 1.82) is 0 Å². The second-order valence-corrected chi connectivity index (χ2v) is 6.39. The van der Waals surface area contributed by atoms with Gasteiger partial charge >= 0.3 is 0 Å². The van der Waals surface area contributed by atoms with E-state index in [9.17, 15) is 9.59 Å². The number of nitrogens with two attached hydrogens (primary N) is 1. The average Bonchev–Trinajstić information content (AvgIpc) is 2.61. The number of benzene rings is 1. The molecule has 154 valence electrons. The molecular formula is C18H30Cl2N4O3. The Kier molecular flexibility index (Phi) is 13.0. The van der Waals surface area contributed by atoms with Crippen LogP contribution >= 0.6 is 24.8 Å². The molecule has 1 atom stereocenters. The van der Waals surface area contributed by atoms with Gasteiger partial charge in [-0.15, -0.1) is 24.8 Å². The maximum absolute atomic E-state index is 11.8. The number of hydrogen-bond donors (Lipinski definition) is 3. The van der Waals surface area contributed by atoms with Crippen LogP contribution in [0.2, 0.25) is 0 Å². The van der Waals surface area contributed by atoms with E-state index in [-0.39, 0.29) is 49.1 Å². The molecule has 1 aromatic rings. The van der Waals surface area contributed by atoms with Gasteiger partial charge in [0.2, 0.25) is 11.8 Å². The van der Waals surface area contributed by atoms with Crippen molar-refractivity contribution in [3.05, 3.63) is 29.8 Å². The molecule has 0 saturated carbocycles. The van der Waals surface area contributed by atoms with E-state index in [1.165, 1.54) is 0 Å². The zero-order valence-electron chi connectivity index (χ0n) is 15.6. The van der Waals surface area contributed by atoms with E-state index in [4.69, 9.17) is 10.5 Å². The minimum atomic E-state index is -0.207. The van der Waals surface area contributed by atoms with Gasteiger partial charge in [0.05, 0.1) is 19.1 Å². The third-order valence-electron chi connectivity index (χ3n) is 4.32. The number of piperidine rings is 1. The lowest BCUT2D eigenvalue weighted by atomic mass is 9.97. The fourth-order valence-corrected chi connectivity index (χ4v) is 2.96. The summed E-state index contributed by atoms with van der Waals surface area (Å²) in [7, 11) is 1.63. The van der Waals surface area contributed by atoms with E-state index >= 15 is 0 Å².